The van der Waals surface area contributed by atoms with Crippen LogP contribution >= 0.6 is 0 Å². The van der Waals surface area contributed by atoms with Crippen LogP contribution in [-0.4, -0.2) is 13.1 Å². The van der Waals surface area contributed by atoms with Crippen LogP contribution in [0.25, 0.3) is 0 Å². The first-order valence-corrected chi connectivity index (χ1v) is 6.41. The molecular weight excluding hydrogens is 170 g/mol. The second-order valence-corrected chi connectivity index (χ2v) is 5.41. The summed E-state index contributed by atoms with van der Waals surface area (Å²) in [7, 11) is 0. The Morgan fingerprint density at radius 1 is 1.14 bits per heavy atom. The first-order valence-electron chi connectivity index (χ1n) is 6.41. The Kier molecular flexibility index (Phi) is 5.54. The molecule has 0 aliphatic heterocycles. The highest BCUT2D eigenvalue weighted by atomic mass is 14.8. The Labute approximate surface area is 89.7 Å². The van der Waals surface area contributed by atoms with E-state index in [1.54, 1.807) is 0 Å². The summed E-state index contributed by atoms with van der Waals surface area (Å²) in [5.74, 6) is 2.77. The fourth-order valence-electron chi connectivity index (χ4n) is 2.48. The van der Waals surface area contributed by atoms with Gasteiger partial charge in [-0.05, 0) is 37.3 Å². The van der Waals surface area contributed by atoms with Crippen molar-refractivity contribution in [2.45, 2.75) is 52.9 Å². The predicted octanol–water partition coefficient (Wildman–Crippen LogP) is 3.45. The molecule has 0 bridgehead atoms. The molecule has 0 amide bonds. The first kappa shape index (κ1) is 12.0. The molecule has 84 valence electrons. The van der Waals surface area contributed by atoms with Gasteiger partial charge in [0.15, 0.2) is 0 Å². The Morgan fingerprint density at radius 3 is 2.36 bits per heavy atom. The average Bonchev–Trinajstić information content (AvgIpc) is 2.64. The monoisotopic (exact) mass is 197 g/mol. The van der Waals surface area contributed by atoms with E-state index in [2.05, 4.69) is 26.1 Å². The van der Waals surface area contributed by atoms with Gasteiger partial charge in [-0.25, -0.2) is 0 Å². The Balaban J connectivity index is 1.99. The lowest BCUT2D eigenvalue weighted by Crippen LogP contribution is -2.23. The van der Waals surface area contributed by atoms with Crippen molar-refractivity contribution in [2.24, 2.45) is 17.8 Å². The van der Waals surface area contributed by atoms with E-state index in [0.717, 1.165) is 17.8 Å². The summed E-state index contributed by atoms with van der Waals surface area (Å²) in [5, 5.41) is 3.54. The highest BCUT2D eigenvalue weighted by molar-refractivity contribution is 4.73. The lowest BCUT2D eigenvalue weighted by molar-refractivity contribution is 0.337. The molecule has 1 saturated carbocycles. The predicted molar refractivity (Wildman–Crippen MR) is 63.4 cm³/mol. The fourth-order valence-corrected chi connectivity index (χ4v) is 2.48. The Morgan fingerprint density at radius 2 is 1.79 bits per heavy atom. The zero-order valence-corrected chi connectivity index (χ0v) is 10.2. The third-order valence-corrected chi connectivity index (χ3v) is 3.53. The molecule has 0 radical (unpaired) electrons. The van der Waals surface area contributed by atoms with Crippen LogP contribution in [0.1, 0.15) is 52.9 Å². The van der Waals surface area contributed by atoms with E-state index in [1.165, 1.54) is 45.2 Å². The molecule has 0 aromatic carbocycles. The van der Waals surface area contributed by atoms with Gasteiger partial charge in [-0.2, -0.15) is 0 Å². The van der Waals surface area contributed by atoms with Gasteiger partial charge in [-0.3, -0.25) is 0 Å². The largest absolute Gasteiger partial charge is 0.316 e. The minimum Gasteiger partial charge on any atom is -0.316 e. The summed E-state index contributed by atoms with van der Waals surface area (Å²) in [6.07, 6.45) is 7.32. The van der Waals surface area contributed by atoms with Crippen molar-refractivity contribution in [1.29, 1.82) is 0 Å². The fraction of sp³-hybridized carbons (Fsp3) is 1.00. The maximum atomic E-state index is 3.54. The third-order valence-electron chi connectivity index (χ3n) is 3.53. The zero-order valence-electron chi connectivity index (χ0n) is 10.2. The van der Waals surface area contributed by atoms with Crippen LogP contribution < -0.4 is 5.32 Å². The molecule has 1 rings (SSSR count). The van der Waals surface area contributed by atoms with E-state index >= 15 is 0 Å². The number of hydrogen-bond acceptors (Lipinski definition) is 1. The zero-order chi connectivity index (χ0) is 10.4. The van der Waals surface area contributed by atoms with Crippen molar-refractivity contribution in [2.75, 3.05) is 13.1 Å². The van der Waals surface area contributed by atoms with Crippen LogP contribution in [0.3, 0.4) is 0 Å². The second kappa shape index (κ2) is 6.44. The van der Waals surface area contributed by atoms with Crippen LogP contribution in [0.15, 0.2) is 0 Å². The highest BCUT2D eigenvalue weighted by Crippen LogP contribution is 2.32. The van der Waals surface area contributed by atoms with Crippen molar-refractivity contribution in [3.63, 3.8) is 0 Å². The van der Waals surface area contributed by atoms with Crippen LogP contribution in [0.5, 0.6) is 0 Å². The molecule has 1 atom stereocenters. The molecule has 0 aromatic rings. The van der Waals surface area contributed by atoms with Gasteiger partial charge in [0.2, 0.25) is 0 Å². The van der Waals surface area contributed by atoms with Crippen molar-refractivity contribution in [3.05, 3.63) is 0 Å². The van der Waals surface area contributed by atoms with E-state index in [4.69, 9.17) is 0 Å². The van der Waals surface area contributed by atoms with Gasteiger partial charge in [0.1, 0.15) is 0 Å². The van der Waals surface area contributed by atoms with E-state index in [9.17, 15) is 0 Å². The van der Waals surface area contributed by atoms with Gasteiger partial charge in [-0.1, -0.05) is 46.5 Å². The topological polar surface area (TPSA) is 12.0 Å². The standard InChI is InChI=1S/C13H27N/c1-11(2)10-14-9-8-12(3)13-6-4-5-7-13/h11-14H,4-10H2,1-3H3. The highest BCUT2D eigenvalue weighted by Gasteiger charge is 2.20. The summed E-state index contributed by atoms with van der Waals surface area (Å²) < 4.78 is 0. The lowest BCUT2D eigenvalue weighted by atomic mass is 9.90. The van der Waals surface area contributed by atoms with Crippen molar-refractivity contribution >= 4 is 0 Å². The SMILES string of the molecule is CC(C)CNCCC(C)C1CCCC1. The van der Waals surface area contributed by atoms with E-state index in [1.807, 2.05) is 0 Å². The minimum absolute atomic E-state index is 0.789. The van der Waals surface area contributed by atoms with Crippen LogP contribution in [0, 0.1) is 17.8 Å². The molecule has 1 aliphatic carbocycles. The maximum Gasteiger partial charge on any atom is -0.00258 e. The second-order valence-electron chi connectivity index (χ2n) is 5.41. The van der Waals surface area contributed by atoms with E-state index < -0.39 is 0 Å². The van der Waals surface area contributed by atoms with Crippen molar-refractivity contribution < 1.29 is 0 Å². The lowest BCUT2D eigenvalue weighted by Gasteiger charge is -2.19. The average molecular weight is 197 g/mol. The number of rotatable bonds is 6. The molecule has 1 aliphatic rings. The van der Waals surface area contributed by atoms with Crippen LogP contribution in [0.4, 0.5) is 0 Å². The van der Waals surface area contributed by atoms with Gasteiger partial charge in [0, 0.05) is 0 Å². The van der Waals surface area contributed by atoms with Gasteiger partial charge in [0.05, 0.1) is 0 Å². The quantitative estimate of drug-likeness (QED) is 0.643. The normalized spacial score (nSPS) is 20.6. The molecule has 1 unspecified atom stereocenters. The molecule has 14 heavy (non-hydrogen) atoms. The van der Waals surface area contributed by atoms with E-state index in [-0.39, 0.29) is 0 Å². The van der Waals surface area contributed by atoms with Crippen LogP contribution in [0.2, 0.25) is 0 Å². The van der Waals surface area contributed by atoms with Gasteiger partial charge in [-0.15, -0.1) is 0 Å². The van der Waals surface area contributed by atoms with Gasteiger partial charge in [0.25, 0.3) is 0 Å². The van der Waals surface area contributed by atoms with Crippen LogP contribution in [-0.2, 0) is 0 Å². The Hall–Kier alpha value is -0.0400. The number of hydrogen-bond donors (Lipinski definition) is 1. The third kappa shape index (κ3) is 4.45. The molecule has 1 heteroatoms. The van der Waals surface area contributed by atoms with Gasteiger partial charge >= 0.3 is 0 Å². The molecule has 1 nitrogen and oxygen atoms in total. The summed E-state index contributed by atoms with van der Waals surface area (Å²) in [5.41, 5.74) is 0. The molecule has 0 saturated heterocycles. The van der Waals surface area contributed by atoms with Crippen molar-refractivity contribution in [1.82, 2.24) is 5.32 Å². The van der Waals surface area contributed by atoms with Gasteiger partial charge < -0.3 is 5.32 Å². The molecule has 1 N–H and O–H groups in total. The van der Waals surface area contributed by atoms with E-state index in [0.29, 0.717) is 0 Å². The number of nitrogens with one attached hydrogen (secondary N) is 1. The summed E-state index contributed by atoms with van der Waals surface area (Å²) in [4.78, 5) is 0. The Bertz CT molecular complexity index is 136. The minimum atomic E-state index is 0.789. The first-order chi connectivity index (χ1) is 6.70. The smallest absolute Gasteiger partial charge is 0.00258 e. The molecule has 0 spiro atoms. The molecule has 0 aromatic heterocycles. The maximum absolute atomic E-state index is 3.54. The molecule has 1 fully saturated rings. The summed E-state index contributed by atoms with van der Waals surface area (Å²) in [6.45, 7) is 9.38. The summed E-state index contributed by atoms with van der Waals surface area (Å²) >= 11 is 0. The molecular formula is C13H27N. The molecule has 0 heterocycles. The van der Waals surface area contributed by atoms with Crippen molar-refractivity contribution in [3.8, 4) is 0 Å². The summed E-state index contributed by atoms with van der Waals surface area (Å²) in [6, 6.07) is 0.